The molecule has 16 heavy (non-hydrogen) atoms. The lowest BCUT2D eigenvalue weighted by atomic mass is 10.1. The lowest BCUT2D eigenvalue weighted by Gasteiger charge is -2.13. The largest absolute Gasteiger partial charge is 0.301 e. The molecule has 0 bridgehead atoms. The van der Waals surface area contributed by atoms with E-state index < -0.39 is 0 Å². The van der Waals surface area contributed by atoms with E-state index in [0.29, 0.717) is 11.4 Å². The van der Waals surface area contributed by atoms with E-state index in [1.807, 2.05) is 30.3 Å². The molecule has 3 heteroatoms. The molecule has 0 unspecified atom stereocenters. The average molecular weight is 212 g/mol. The average Bonchev–Trinajstić information content (AvgIpc) is 2.33. The van der Waals surface area contributed by atoms with Crippen LogP contribution in [0.15, 0.2) is 66.4 Å². The molecule has 0 aliphatic heterocycles. The summed E-state index contributed by atoms with van der Waals surface area (Å²) in [6, 6.07) is 9.25. The van der Waals surface area contributed by atoms with E-state index in [2.05, 4.69) is 0 Å². The molecule has 0 spiro atoms. The zero-order chi connectivity index (χ0) is 11.4. The first-order valence-electron chi connectivity index (χ1n) is 4.95. The van der Waals surface area contributed by atoms with E-state index in [-0.39, 0.29) is 0 Å². The topological polar surface area (TPSA) is 47.3 Å². The monoisotopic (exact) mass is 212 g/mol. The molecular weight excluding hydrogens is 200 g/mol. The highest BCUT2D eigenvalue weighted by Crippen LogP contribution is 2.14. The first kappa shape index (κ1) is 10.4. The quantitative estimate of drug-likeness (QED) is 0.740. The Morgan fingerprint density at radius 3 is 2.25 bits per heavy atom. The SMILES string of the molecule is N=C1C=CC(=CN(O)c2ccccc2)C=C1. The van der Waals surface area contributed by atoms with Gasteiger partial charge in [-0.05, 0) is 29.9 Å². The number of anilines is 1. The lowest BCUT2D eigenvalue weighted by molar-refractivity contribution is 0.295. The van der Waals surface area contributed by atoms with Crippen molar-refractivity contribution in [1.29, 1.82) is 5.41 Å². The second kappa shape index (κ2) is 4.59. The first-order chi connectivity index (χ1) is 7.75. The Labute approximate surface area is 94.1 Å². The van der Waals surface area contributed by atoms with Crippen molar-refractivity contribution in [3.8, 4) is 0 Å². The van der Waals surface area contributed by atoms with Gasteiger partial charge >= 0.3 is 0 Å². The van der Waals surface area contributed by atoms with Crippen LogP contribution < -0.4 is 5.06 Å². The van der Waals surface area contributed by atoms with Crippen LogP contribution in [-0.4, -0.2) is 10.9 Å². The van der Waals surface area contributed by atoms with Crippen molar-refractivity contribution in [3.63, 3.8) is 0 Å². The molecular formula is C13H12N2O. The lowest BCUT2D eigenvalue weighted by Crippen LogP contribution is -2.10. The Morgan fingerprint density at radius 2 is 1.62 bits per heavy atom. The van der Waals surface area contributed by atoms with Gasteiger partial charge in [0.25, 0.3) is 0 Å². The van der Waals surface area contributed by atoms with Crippen LogP contribution in [-0.2, 0) is 0 Å². The number of hydrogen-bond donors (Lipinski definition) is 2. The number of para-hydroxylation sites is 1. The number of rotatable bonds is 2. The fourth-order valence-electron chi connectivity index (χ4n) is 1.37. The molecule has 0 amide bonds. The summed E-state index contributed by atoms with van der Waals surface area (Å²) < 4.78 is 0. The molecule has 0 saturated carbocycles. The van der Waals surface area contributed by atoms with Crippen LogP contribution in [0.2, 0.25) is 0 Å². The van der Waals surface area contributed by atoms with Gasteiger partial charge in [0, 0.05) is 6.20 Å². The fraction of sp³-hybridized carbons (Fsp3) is 0. The molecule has 2 N–H and O–H groups in total. The summed E-state index contributed by atoms with van der Waals surface area (Å²) >= 11 is 0. The van der Waals surface area contributed by atoms with Crippen LogP contribution in [0.25, 0.3) is 0 Å². The van der Waals surface area contributed by atoms with Gasteiger partial charge in [-0.15, -0.1) is 0 Å². The van der Waals surface area contributed by atoms with E-state index in [4.69, 9.17) is 5.41 Å². The maximum Gasteiger partial charge on any atom is 0.0686 e. The van der Waals surface area contributed by atoms with E-state index in [1.54, 1.807) is 30.5 Å². The van der Waals surface area contributed by atoms with Crippen LogP contribution >= 0.6 is 0 Å². The number of hydroxylamine groups is 1. The van der Waals surface area contributed by atoms with Gasteiger partial charge in [0.15, 0.2) is 0 Å². The summed E-state index contributed by atoms with van der Waals surface area (Å²) in [5.74, 6) is 0. The molecule has 0 fully saturated rings. The van der Waals surface area contributed by atoms with Crippen LogP contribution in [0, 0.1) is 5.41 Å². The van der Waals surface area contributed by atoms with Crippen LogP contribution in [0.1, 0.15) is 0 Å². The van der Waals surface area contributed by atoms with Crippen molar-refractivity contribution >= 4 is 11.4 Å². The summed E-state index contributed by atoms with van der Waals surface area (Å²) in [5, 5.41) is 18.2. The summed E-state index contributed by atoms with van der Waals surface area (Å²) in [7, 11) is 0. The maximum absolute atomic E-state index is 9.77. The summed E-state index contributed by atoms with van der Waals surface area (Å²) in [6.07, 6.45) is 8.55. The van der Waals surface area contributed by atoms with E-state index in [0.717, 1.165) is 10.6 Å². The highest BCUT2D eigenvalue weighted by Gasteiger charge is 2.00. The molecule has 1 aromatic carbocycles. The fourth-order valence-corrected chi connectivity index (χ4v) is 1.37. The molecule has 0 radical (unpaired) electrons. The molecule has 1 aliphatic rings. The molecule has 1 aliphatic carbocycles. The van der Waals surface area contributed by atoms with E-state index in [1.165, 1.54) is 0 Å². The zero-order valence-corrected chi connectivity index (χ0v) is 8.67. The molecule has 0 heterocycles. The number of allylic oxidation sites excluding steroid dienone is 5. The Morgan fingerprint density at radius 1 is 1.00 bits per heavy atom. The molecule has 3 nitrogen and oxygen atoms in total. The van der Waals surface area contributed by atoms with Gasteiger partial charge in [-0.2, -0.15) is 0 Å². The number of nitrogens with zero attached hydrogens (tertiary/aromatic N) is 1. The van der Waals surface area contributed by atoms with E-state index in [9.17, 15) is 5.21 Å². The summed E-state index contributed by atoms with van der Waals surface area (Å²) in [6.45, 7) is 0. The highest BCUT2D eigenvalue weighted by atomic mass is 16.5. The molecule has 0 atom stereocenters. The normalized spacial score (nSPS) is 14.1. The molecule has 0 saturated heterocycles. The highest BCUT2D eigenvalue weighted by molar-refractivity contribution is 6.03. The Hall–Kier alpha value is -2.13. The maximum atomic E-state index is 9.77. The smallest absolute Gasteiger partial charge is 0.0686 e. The standard InChI is InChI=1S/C13H12N2O/c14-12-8-6-11(7-9-12)10-15(16)13-4-2-1-3-5-13/h1-10,14,16H. The third-order valence-electron chi connectivity index (χ3n) is 2.20. The molecule has 1 aromatic rings. The minimum absolute atomic E-state index is 0.460. The van der Waals surface area contributed by atoms with Gasteiger partial charge in [0.1, 0.15) is 0 Å². The summed E-state index contributed by atoms with van der Waals surface area (Å²) in [4.78, 5) is 0. The van der Waals surface area contributed by atoms with Gasteiger partial charge in [0.05, 0.1) is 11.4 Å². The Bertz CT molecular complexity index is 454. The van der Waals surface area contributed by atoms with Crippen molar-refractivity contribution in [2.45, 2.75) is 0 Å². The second-order valence-corrected chi connectivity index (χ2v) is 3.43. The zero-order valence-electron chi connectivity index (χ0n) is 8.67. The van der Waals surface area contributed by atoms with Gasteiger partial charge < -0.3 is 5.41 Å². The van der Waals surface area contributed by atoms with Crippen molar-refractivity contribution in [2.24, 2.45) is 0 Å². The Balaban J connectivity index is 2.16. The molecule has 0 aromatic heterocycles. The summed E-state index contributed by atoms with van der Waals surface area (Å²) in [5.41, 5.74) is 2.01. The van der Waals surface area contributed by atoms with Gasteiger partial charge in [-0.3, -0.25) is 5.21 Å². The van der Waals surface area contributed by atoms with Crippen molar-refractivity contribution < 1.29 is 5.21 Å². The molecule has 2 rings (SSSR count). The third kappa shape index (κ3) is 2.46. The Kier molecular flexibility index (Phi) is 2.98. The van der Waals surface area contributed by atoms with Crippen molar-refractivity contribution in [1.82, 2.24) is 0 Å². The van der Waals surface area contributed by atoms with Gasteiger partial charge in [-0.1, -0.05) is 30.4 Å². The second-order valence-electron chi connectivity index (χ2n) is 3.43. The van der Waals surface area contributed by atoms with Crippen LogP contribution in [0.3, 0.4) is 0 Å². The van der Waals surface area contributed by atoms with E-state index >= 15 is 0 Å². The minimum Gasteiger partial charge on any atom is -0.301 e. The first-order valence-corrected chi connectivity index (χ1v) is 4.95. The van der Waals surface area contributed by atoms with Gasteiger partial charge in [-0.25, -0.2) is 5.06 Å². The minimum atomic E-state index is 0.460. The van der Waals surface area contributed by atoms with Crippen LogP contribution in [0.4, 0.5) is 5.69 Å². The van der Waals surface area contributed by atoms with Gasteiger partial charge in [0.2, 0.25) is 0 Å². The predicted molar refractivity (Wildman–Crippen MR) is 64.8 cm³/mol. The number of nitrogens with one attached hydrogen (secondary N) is 1. The van der Waals surface area contributed by atoms with Crippen molar-refractivity contribution in [3.05, 3.63) is 66.4 Å². The number of hydrogen-bond acceptors (Lipinski definition) is 3. The predicted octanol–water partition coefficient (Wildman–Crippen LogP) is 2.91. The number of benzene rings is 1. The third-order valence-corrected chi connectivity index (χ3v) is 2.20. The van der Waals surface area contributed by atoms with Crippen LogP contribution in [0.5, 0.6) is 0 Å². The van der Waals surface area contributed by atoms with Crippen molar-refractivity contribution in [2.75, 3.05) is 5.06 Å². The molecule has 80 valence electrons.